The van der Waals surface area contributed by atoms with Crippen LogP contribution in [0.15, 0.2) is 6.07 Å². The fourth-order valence-corrected chi connectivity index (χ4v) is 2.33. The van der Waals surface area contributed by atoms with Gasteiger partial charge in [0.05, 0.1) is 0 Å². The van der Waals surface area contributed by atoms with E-state index in [-0.39, 0.29) is 17.7 Å². The molecule has 94 valence electrons. The van der Waals surface area contributed by atoms with Gasteiger partial charge in [0.1, 0.15) is 0 Å². The minimum absolute atomic E-state index is 0.0508. The van der Waals surface area contributed by atoms with Crippen molar-refractivity contribution < 1.29 is 8.78 Å². The third-order valence-corrected chi connectivity index (χ3v) is 3.74. The zero-order valence-corrected chi connectivity index (χ0v) is 10.0. The highest BCUT2D eigenvalue weighted by molar-refractivity contribution is 5.45. The van der Waals surface area contributed by atoms with Gasteiger partial charge in [-0.25, -0.2) is 13.8 Å². The molecule has 1 fully saturated rings. The first kappa shape index (κ1) is 12.1. The van der Waals surface area contributed by atoms with Crippen LogP contribution < -0.4 is 11.1 Å². The van der Waals surface area contributed by atoms with E-state index in [1.165, 1.54) is 0 Å². The summed E-state index contributed by atoms with van der Waals surface area (Å²) in [6.07, 6.45) is 2.08. The van der Waals surface area contributed by atoms with E-state index in [1.54, 1.807) is 0 Å². The van der Waals surface area contributed by atoms with E-state index in [4.69, 9.17) is 5.73 Å². The minimum Gasteiger partial charge on any atom is -0.381 e. The number of nitrogen functional groups attached to an aromatic ring is 1. The van der Waals surface area contributed by atoms with Crippen LogP contribution in [0.5, 0.6) is 0 Å². The lowest BCUT2D eigenvalue weighted by atomic mass is 9.98. The molecule has 0 spiro atoms. The van der Waals surface area contributed by atoms with Crippen molar-refractivity contribution in [2.75, 3.05) is 11.1 Å². The number of hydrogen-bond donors (Lipinski definition) is 2. The highest BCUT2D eigenvalue weighted by atomic mass is 19.1. The molecule has 1 saturated carbocycles. The van der Waals surface area contributed by atoms with Gasteiger partial charge in [-0.15, -0.1) is 0 Å². The summed E-state index contributed by atoms with van der Waals surface area (Å²) in [5, 5.41) is 3.02. The van der Waals surface area contributed by atoms with E-state index in [0.29, 0.717) is 11.8 Å². The summed E-state index contributed by atoms with van der Waals surface area (Å²) in [5.41, 5.74) is 5.33. The molecule has 1 aromatic rings. The summed E-state index contributed by atoms with van der Waals surface area (Å²) < 4.78 is 26.4. The molecular weight excluding hydrogens is 224 g/mol. The molecule has 2 rings (SSSR count). The standard InChI is InChI=1S/C12H17F2N3/c1-6-3-4-10(7(6)2)16-12-9(14)5-8(13)11(15)17-12/h5-7,10H,3-4H2,1-2H3,(H3,15,16,17). The van der Waals surface area contributed by atoms with Crippen LogP contribution in [0.2, 0.25) is 0 Å². The molecule has 1 heterocycles. The molecule has 17 heavy (non-hydrogen) atoms. The number of aromatic nitrogens is 1. The van der Waals surface area contributed by atoms with Crippen molar-refractivity contribution in [1.29, 1.82) is 0 Å². The van der Waals surface area contributed by atoms with Crippen molar-refractivity contribution in [3.05, 3.63) is 17.7 Å². The van der Waals surface area contributed by atoms with Gasteiger partial charge in [-0.05, 0) is 24.7 Å². The SMILES string of the molecule is CC1CCC(Nc2nc(N)c(F)cc2F)C1C. The van der Waals surface area contributed by atoms with E-state index in [1.807, 2.05) is 0 Å². The first-order valence-corrected chi connectivity index (χ1v) is 5.87. The van der Waals surface area contributed by atoms with Gasteiger partial charge in [-0.2, -0.15) is 0 Å². The van der Waals surface area contributed by atoms with Crippen molar-refractivity contribution in [3.8, 4) is 0 Å². The largest absolute Gasteiger partial charge is 0.381 e. The van der Waals surface area contributed by atoms with Crippen LogP contribution in [0.3, 0.4) is 0 Å². The van der Waals surface area contributed by atoms with Crippen LogP contribution in [0, 0.1) is 23.5 Å². The molecule has 5 heteroatoms. The van der Waals surface area contributed by atoms with Crippen molar-refractivity contribution in [3.63, 3.8) is 0 Å². The third kappa shape index (κ3) is 2.33. The molecule has 3 nitrogen and oxygen atoms in total. The van der Waals surface area contributed by atoms with Gasteiger partial charge in [0.15, 0.2) is 23.3 Å². The van der Waals surface area contributed by atoms with Crippen LogP contribution in [0.4, 0.5) is 20.4 Å². The Morgan fingerprint density at radius 2 is 2.00 bits per heavy atom. The zero-order chi connectivity index (χ0) is 12.6. The zero-order valence-electron chi connectivity index (χ0n) is 10.0. The van der Waals surface area contributed by atoms with Gasteiger partial charge in [-0.3, -0.25) is 0 Å². The molecule has 0 radical (unpaired) electrons. The van der Waals surface area contributed by atoms with Crippen LogP contribution in [-0.2, 0) is 0 Å². The predicted octanol–water partition coefficient (Wildman–Crippen LogP) is 2.79. The van der Waals surface area contributed by atoms with E-state index >= 15 is 0 Å². The van der Waals surface area contributed by atoms with Gasteiger partial charge in [0.2, 0.25) is 0 Å². The van der Waals surface area contributed by atoms with Crippen LogP contribution in [0.25, 0.3) is 0 Å². The molecule has 0 amide bonds. The van der Waals surface area contributed by atoms with Gasteiger partial charge in [-0.1, -0.05) is 13.8 Å². The number of nitrogens with zero attached hydrogens (tertiary/aromatic N) is 1. The molecule has 3 N–H and O–H groups in total. The Balaban J connectivity index is 2.16. The molecule has 0 aliphatic heterocycles. The maximum atomic E-state index is 13.5. The average Bonchev–Trinajstić information content (AvgIpc) is 2.58. The Hall–Kier alpha value is -1.39. The molecular formula is C12H17F2N3. The monoisotopic (exact) mass is 241 g/mol. The highest BCUT2D eigenvalue weighted by Gasteiger charge is 2.30. The Bertz CT molecular complexity index is 422. The normalized spacial score (nSPS) is 28.4. The second-order valence-electron chi connectivity index (χ2n) is 4.85. The smallest absolute Gasteiger partial charge is 0.168 e. The first-order chi connectivity index (χ1) is 7.99. The lowest BCUT2D eigenvalue weighted by Crippen LogP contribution is -2.25. The maximum Gasteiger partial charge on any atom is 0.168 e. The highest BCUT2D eigenvalue weighted by Crippen LogP contribution is 2.33. The quantitative estimate of drug-likeness (QED) is 0.837. The average molecular weight is 241 g/mol. The molecule has 3 unspecified atom stereocenters. The van der Waals surface area contributed by atoms with Crippen molar-refractivity contribution in [2.45, 2.75) is 32.7 Å². The Morgan fingerprint density at radius 3 is 2.59 bits per heavy atom. The van der Waals surface area contributed by atoms with Crippen LogP contribution in [-0.4, -0.2) is 11.0 Å². The van der Waals surface area contributed by atoms with E-state index in [2.05, 4.69) is 24.1 Å². The Labute approximate surface area is 99.4 Å². The molecule has 0 saturated heterocycles. The van der Waals surface area contributed by atoms with Crippen LogP contribution >= 0.6 is 0 Å². The van der Waals surface area contributed by atoms with Gasteiger partial charge < -0.3 is 11.1 Å². The van der Waals surface area contributed by atoms with E-state index < -0.39 is 11.6 Å². The number of pyridine rings is 1. The summed E-state index contributed by atoms with van der Waals surface area (Å²) in [7, 11) is 0. The molecule has 3 atom stereocenters. The number of nitrogens with two attached hydrogens (primary N) is 1. The lowest BCUT2D eigenvalue weighted by molar-refractivity contribution is 0.433. The second kappa shape index (κ2) is 4.47. The molecule has 0 bridgehead atoms. The van der Waals surface area contributed by atoms with E-state index in [9.17, 15) is 8.78 Å². The fourth-order valence-electron chi connectivity index (χ4n) is 2.33. The first-order valence-electron chi connectivity index (χ1n) is 5.87. The Kier molecular flexibility index (Phi) is 3.17. The van der Waals surface area contributed by atoms with Gasteiger partial charge >= 0.3 is 0 Å². The minimum atomic E-state index is -0.819. The van der Waals surface area contributed by atoms with Crippen molar-refractivity contribution >= 4 is 11.6 Å². The summed E-state index contributed by atoms with van der Waals surface area (Å²) >= 11 is 0. The third-order valence-electron chi connectivity index (χ3n) is 3.74. The van der Waals surface area contributed by atoms with Crippen LogP contribution in [0.1, 0.15) is 26.7 Å². The molecule has 1 aliphatic carbocycles. The molecule has 1 aliphatic rings. The summed E-state index contributed by atoms with van der Waals surface area (Å²) in [5.74, 6) is -0.678. The predicted molar refractivity (Wildman–Crippen MR) is 63.5 cm³/mol. The maximum absolute atomic E-state index is 13.5. The number of rotatable bonds is 2. The van der Waals surface area contributed by atoms with Gasteiger partial charge in [0, 0.05) is 12.1 Å². The number of anilines is 2. The topological polar surface area (TPSA) is 50.9 Å². The number of hydrogen-bond acceptors (Lipinski definition) is 3. The lowest BCUT2D eigenvalue weighted by Gasteiger charge is -2.20. The molecule has 0 aromatic carbocycles. The summed E-state index contributed by atoms with van der Waals surface area (Å²) in [6.45, 7) is 4.30. The molecule has 1 aromatic heterocycles. The summed E-state index contributed by atoms with van der Waals surface area (Å²) in [4.78, 5) is 3.71. The summed E-state index contributed by atoms with van der Waals surface area (Å²) in [6, 6.07) is 0.949. The number of nitrogens with one attached hydrogen (secondary N) is 1. The fraction of sp³-hybridized carbons (Fsp3) is 0.583. The van der Waals surface area contributed by atoms with Gasteiger partial charge in [0.25, 0.3) is 0 Å². The van der Waals surface area contributed by atoms with Crippen molar-refractivity contribution in [1.82, 2.24) is 4.98 Å². The van der Waals surface area contributed by atoms with Crippen molar-refractivity contribution in [2.24, 2.45) is 11.8 Å². The Morgan fingerprint density at radius 1 is 1.29 bits per heavy atom. The number of halogens is 2. The van der Waals surface area contributed by atoms with E-state index in [0.717, 1.165) is 18.9 Å². The second-order valence-corrected chi connectivity index (χ2v) is 4.85.